The molecule has 0 spiro atoms. The molecular weight excluding hydrogens is 376 g/mol. The Labute approximate surface area is 182 Å². The molecule has 0 aliphatic rings. The maximum absolute atomic E-state index is 10.6. The molecule has 0 aliphatic carbocycles. The predicted molar refractivity (Wildman–Crippen MR) is 123 cm³/mol. The van der Waals surface area contributed by atoms with Gasteiger partial charge in [-0.2, -0.15) is 0 Å². The van der Waals surface area contributed by atoms with Gasteiger partial charge in [0.1, 0.15) is 13.1 Å². The van der Waals surface area contributed by atoms with Crippen molar-refractivity contribution in [2.24, 2.45) is 0 Å². The van der Waals surface area contributed by atoms with Crippen molar-refractivity contribution in [1.29, 1.82) is 0 Å². The fraction of sp³-hybridized carbons (Fsp3) is 0.500. The second-order valence-corrected chi connectivity index (χ2v) is 7.31. The lowest BCUT2D eigenvalue weighted by atomic mass is 10.1. The molecule has 0 N–H and O–H groups in total. The fourth-order valence-electron chi connectivity index (χ4n) is 2.86. The summed E-state index contributed by atoms with van der Waals surface area (Å²) in [5, 5.41) is 0. The summed E-state index contributed by atoms with van der Waals surface area (Å²) in [7, 11) is 1.63. The molecule has 0 aromatic heterocycles. The zero-order valence-corrected chi connectivity index (χ0v) is 18.6. The molecule has 1 aromatic rings. The van der Waals surface area contributed by atoms with E-state index < -0.39 is 0 Å². The Morgan fingerprint density at radius 2 is 1.87 bits per heavy atom. The molecule has 1 atom stereocenters. The molecule has 0 amide bonds. The summed E-state index contributed by atoms with van der Waals surface area (Å²) >= 11 is 0. The third-order valence-electron chi connectivity index (χ3n) is 4.59. The molecule has 0 heterocycles. The van der Waals surface area contributed by atoms with Gasteiger partial charge in [-0.05, 0) is 56.6 Å². The molecule has 0 saturated heterocycles. The van der Waals surface area contributed by atoms with Gasteiger partial charge < -0.3 is 14.2 Å². The average molecular weight is 415 g/mol. The van der Waals surface area contributed by atoms with Crippen molar-refractivity contribution >= 4 is 6.29 Å². The number of carbonyl (C=O) groups is 1. The zero-order valence-electron chi connectivity index (χ0n) is 18.6. The first-order valence-corrected chi connectivity index (χ1v) is 10.9. The molecule has 30 heavy (non-hydrogen) atoms. The third kappa shape index (κ3) is 14.9. The number of carbonyl (C=O) groups excluding carboxylic acids is 1. The van der Waals surface area contributed by atoms with Gasteiger partial charge in [0.05, 0.1) is 12.7 Å². The number of unbranched alkanes of at least 4 members (excludes halogenated alkanes) is 4. The summed E-state index contributed by atoms with van der Waals surface area (Å²) in [6.07, 6.45) is 18.6. The van der Waals surface area contributed by atoms with Crippen LogP contribution in [0.2, 0.25) is 0 Å². The molecule has 0 radical (unpaired) electrons. The SMILES string of the molecule is COCOC(/C=C/C=C/CCCCCOCc1ccccc1)CCC/C=C(\C)C=O. The van der Waals surface area contributed by atoms with E-state index in [-0.39, 0.29) is 12.9 Å². The molecule has 0 bridgehead atoms. The number of hydrogen-bond donors (Lipinski definition) is 0. The minimum absolute atomic E-state index is 0.0290. The van der Waals surface area contributed by atoms with Crippen LogP contribution in [-0.2, 0) is 25.6 Å². The summed E-state index contributed by atoms with van der Waals surface area (Å²) in [5.74, 6) is 0. The number of aldehydes is 1. The molecule has 4 heteroatoms. The average Bonchev–Trinajstić information content (AvgIpc) is 2.78. The maximum atomic E-state index is 10.6. The van der Waals surface area contributed by atoms with E-state index in [0.29, 0.717) is 6.61 Å². The zero-order chi connectivity index (χ0) is 21.7. The lowest BCUT2D eigenvalue weighted by Crippen LogP contribution is -2.11. The van der Waals surface area contributed by atoms with Crippen LogP contribution in [0.15, 0.2) is 66.3 Å². The van der Waals surface area contributed by atoms with Crippen LogP contribution in [0, 0.1) is 0 Å². The second-order valence-electron chi connectivity index (χ2n) is 7.31. The van der Waals surface area contributed by atoms with E-state index >= 15 is 0 Å². The summed E-state index contributed by atoms with van der Waals surface area (Å²) in [6, 6.07) is 10.3. The largest absolute Gasteiger partial charge is 0.377 e. The van der Waals surface area contributed by atoms with Gasteiger partial charge in [-0.1, -0.05) is 67.1 Å². The highest BCUT2D eigenvalue weighted by Gasteiger charge is 2.03. The number of benzene rings is 1. The summed E-state index contributed by atoms with van der Waals surface area (Å²) < 4.78 is 16.4. The van der Waals surface area contributed by atoms with Crippen molar-refractivity contribution in [2.75, 3.05) is 20.5 Å². The Morgan fingerprint density at radius 1 is 1.03 bits per heavy atom. The Kier molecular flexibility index (Phi) is 16.5. The smallest absolute Gasteiger partial charge is 0.147 e. The maximum Gasteiger partial charge on any atom is 0.147 e. The molecule has 1 aromatic carbocycles. The Hall–Kier alpha value is -2.01. The quantitative estimate of drug-likeness (QED) is 0.0946. The number of allylic oxidation sites excluding steroid dienone is 5. The minimum Gasteiger partial charge on any atom is -0.377 e. The van der Waals surface area contributed by atoms with Crippen molar-refractivity contribution < 1.29 is 19.0 Å². The number of hydrogen-bond acceptors (Lipinski definition) is 4. The molecule has 0 aliphatic heterocycles. The molecule has 166 valence electrons. The van der Waals surface area contributed by atoms with Gasteiger partial charge in [-0.3, -0.25) is 4.79 Å². The Balaban J connectivity index is 2.10. The van der Waals surface area contributed by atoms with E-state index in [1.54, 1.807) is 7.11 Å². The van der Waals surface area contributed by atoms with Crippen LogP contribution in [0.3, 0.4) is 0 Å². The first-order chi connectivity index (χ1) is 14.8. The van der Waals surface area contributed by atoms with E-state index in [1.165, 1.54) is 18.4 Å². The van der Waals surface area contributed by atoms with Crippen molar-refractivity contribution in [3.8, 4) is 0 Å². The van der Waals surface area contributed by atoms with Crippen molar-refractivity contribution in [1.82, 2.24) is 0 Å². The number of rotatable bonds is 18. The van der Waals surface area contributed by atoms with E-state index in [9.17, 15) is 4.79 Å². The van der Waals surface area contributed by atoms with Gasteiger partial charge in [0.15, 0.2) is 0 Å². The highest BCUT2D eigenvalue weighted by Crippen LogP contribution is 2.09. The van der Waals surface area contributed by atoms with Crippen molar-refractivity contribution in [3.05, 3.63) is 71.8 Å². The second kappa shape index (κ2) is 19.0. The summed E-state index contributed by atoms with van der Waals surface area (Å²) in [4.78, 5) is 10.6. The normalized spacial score (nSPS) is 13.3. The minimum atomic E-state index is 0.0290. The Bertz CT molecular complexity index is 619. The molecule has 0 fully saturated rings. The number of ether oxygens (including phenoxy) is 3. The van der Waals surface area contributed by atoms with Crippen molar-refractivity contribution in [3.63, 3.8) is 0 Å². The highest BCUT2D eigenvalue weighted by molar-refractivity contribution is 5.71. The van der Waals surface area contributed by atoms with E-state index in [2.05, 4.69) is 36.4 Å². The lowest BCUT2D eigenvalue weighted by molar-refractivity contribution is -0.104. The van der Waals surface area contributed by atoms with Crippen LogP contribution >= 0.6 is 0 Å². The lowest BCUT2D eigenvalue weighted by Gasteiger charge is -2.12. The van der Waals surface area contributed by atoms with Gasteiger partial charge in [-0.15, -0.1) is 0 Å². The van der Waals surface area contributed by atoms with Gasteiger partial charge in [0.25, 0.3) is 0 Å². The van der Waals surface area contributed by atoms with E-state index in [1.807, 2.05) is 31.2 Å². The van der Waals surface area contributed by atoms with Crippen LogP contribution in [0.4, 0.5) is 0 Å². The van der Waals surface area contributed by atoms with Crippen LogP contribution < -0.4 is 0 Å². The first kappa shape index (κ1) is 26.0. The first-order valence-electron chi connectivity index (χ1n) is 10.9. The van der Waals surface area contributed by atoms with Gasteiger partial charge in [0, 0.05) is 13.7 Å². The van der Waals surface area contributed by atoms with Crippen LogP contribution in [0.5, 0.6) is 0 Å². The van der Waals surface area contributed by atoms with Crippen LogP contribution in [0.25, 0.3) is 0 Å². The standard InChI is InChI=1S/C26H38O4/c1-24(21-27)15-12-13-19-26(30-23-28-2)18-11-6-4-3-5-7-14-20-29-22-25-16-9-8-10-17-25/h4,6,8-11,15-18,21,26H,3,5,7,12-14,19-20,22-23H2,1-2H3/b6-4+,18-11+,24-15+. The third-order valence-corrected chi connectivity index (χ3v) is 4.59. The predicted octanol–water partition coefficient (Wildman–Crippen LogP) is 6.18. The highest BCUT2D eigenvalue weighted by atomic mass is 16.7. The topological polar surface area (TPSA) is 44.8 Å². The van der Waals surface area contributed by atoms with Crippen LogP contribution in [-0.4, -0.2) is 32.9 Å². The monoisotopic (exact) mass is 414 g/mol. The van der Waals surface area contributed by atoms with Gasteiger partial charge in [0.2, 0.25) is 0 Å². The van der Waals surface area contributed by atoms with Crippen molar-refractivity contribution in [2.45, 2.75) is 64.6 Å². The summed E-state index contributed by atoms with van der Waals surface area (Å²) in [5.41, 5.74) is 2.01. The van der Waals surface area contributed by atoms with Crippen LogP contribution in [0.1, 0.15) is 57.4 Å². The summed E-state index contributed by atoms with van der Waals surface area (Å²) in [6.45, 7) is 3.63. The van der Waals surface area contributed by atoms with E-state index in [4.69, 9.17) is 14.2 Å². The fourth-order valence-corrected chi connectivity index (χ4v) is 2.86. The van der Waals surface area contributed by atoms with E-state index in [0.717, 1.165) is 50.6 Å². The molecular formula is C26H38O4. The van der Waals surface area contributed by atoms with Gasteiger partial charge in [-0.25, -0.2) is 0 Å². The number of methoxy groups -OCH3 is 1. The Morgan fingerprint density at radius 3 is 2.63 bits per heavy atom. The molecule has 1 rings (SSSR count). The van der Waals surface area contributed by atoms with Gasteiger partial charge >= 0.3 is 0 Å². The molecule has 1 unspecified atom stereocenters. The molecule has 0 saturated carbocycles. The molecule has 4 nitrogen and oxygen atoms in total.